The predicted molar refractivity (Wildman–Crippen MR) is 57.5 cm³/mol. The first kappa shape index (κ1) is 11.7. The zero-order chi connectivity index (χ0) is 12.4. The van der Waals surface area contributed by atoms with Crippen molar-refractivity contribution in [3.63, 3.8) is 0 Å². The Kier molecular flexibility index (Phi) is 3.19. The van der Waals surface area contributed by atoms with Gasteiger partial charge in [-0.2, -0.15) is 4.73 Å². The van der Waals surface area contributed by atoms with Crippen LogP contribution < -0.4 is 9.99 Å². The Bertz CT molecular complexity index is 530. The minimum absolute atomic E-state index is 0.253. The van der Waals surface area contributed by atoms with Crippen molar-refractivity contribution in [3.8, 4) is 0 Å². The molecule has 6 heteroatoms. The summed E-state index contributed by atoms with van der Waals surface area (Å²) in [6.45, 7) is 0. The molecule has 0 bridgehead atoms. The Morgan fingerprint density at radius 2 is 2.12 bits per heavy atom. The summed E-state index contributed by atoms with van der Waals surface area (Å²) < 4.78 is 7.04. The van der Waals surface area contributed by atoms with E-state index in [1.54, 1.807) is 24.3 Å². The van der Waals surface area contributed by atoms with E-state index in [4.69, 9.17) is 4.74 Å². The molecule has 1 heterocycles. The van der Waals surface area contributed by atoms with Gasteiger partial charge in [-0.1, -0.05) is 12.1 Å². The van der Waals surface area contributed by atoms with Gasteiger partial charge < -0.3 is 19.7 Å². The van der Waals surface area contributed by atoms with Gasteiger partial charge in [0.25, 0.3) is 0 Å². The Labute approximate surface area is 97.9 Å². The molecule has 0 fully saturated rings. The minimum Gasteiger partial charge on any atom is -0.618 e. The molecule has 2 aromatic rings. The van der Waals surface area contributed by atoms with E-state index in [1.807, 2.05) is 0 Å². The van der Waals surface area contributed by atoms with Crippen LogP contribution in [0.5, 0.6) is 0 Å². The summed E-state index contributed by atoms with van der Waals surface area (Å²) in [5, 5.41) is 22.9. The molecule has 0 radical (unpaired) electrons. The van der Waals surface area contributed by atoms with E-state index in [0.717, 1.165) is 0 Å². The fraction of sp³-hybridized carbons (Fsp3) is 0.273. The van der Waals surface area contributed by atoms with Crippen molar-refractivity contribution in [2.75, 3.05) is 14.2 Å². The van der Waals surface area contributed by atoms with E-state index < -0.39 is 6.29 Å². The van der Waals surface area contributed by atoms with E-state index in [9.17, 15) is 10.5 Å². The predicted octanol–water partition coefficient (Wildman–Crippen LogP) is -0.0294. The Morgan fingerprint density at radius 1 is 1.41 bits per heavy atom. The van der Waals surface area contributed by atoms with Crippen LogP contribution in [0.4, 0.5) is 0 Å². The number of methoxy groups -OCH3 is 1. The molecule has 1 aromatic carbocycles. The fourth-order valence-corrected chi connectivity index (χ4v) is 1.64. The molecule has 2 rings (SSSR count). The third kappa shape index (κ3) is 2.19. The number of hydrogen-bond acceptors (Lipinski definition) is 4. The number of hydrogen-bond donors (Lipinski definition) is 0. The molecule has 0 N–H and O–H groups in total. The lowest BCUT2D eigenvalue weighted by atomic mass is 10.3. The zero-order valence-electron chi connectivity index (χ0n) is 9.49. The number of aromatic nitrogens is 2. The lowest BCUT2D eigenvalue weighted by Crippen LogP contribution is -2.33. The summed E-state index contributed by atoms with van der Waals surface area (Å²) in [6, 6.07) is 6.89. The molecule has 0 aliphatic heterocycles. The topological polar surface area (TPSA) is 74.8 Å². The zero-order valence-corrected chi connectivity index (χ0v) is 9.49. The van der Waals surface area contributed by atoms with E-state index in [2.05, 4.69) is 4.98 Å². The highest BCUT2D eigenvalue weighted by atomic mass is 17.2. The Balaban J connectivity index is 2.56. The Morgan fingerprint density at radius 3 is 2.76 bits per heavy atom. The van der Waals surface area contributed by atoms with Crippen molar-refractivity contribution in [2.45, 2.75) is 6.29 Å². The highest BCUT2D eigenvalue weighted by Gasteiger charge is 2.23. The number of para-hydroxylation sites is 2. The van der Waals surface area contributed by atoms with Crippen molar-refractivity contribution < 1.29 is 19.2 Å². The lowest BCUT2D eigenvalue weighted by molar-refractivity contribution is -0.816. The fourth-order valence-electron chi connectivity index (χ4n) is 1.64. The molecular formula is C11H12N2O4. The largest absolute Gasteiger partial charge is 0.618 e. The maximum atomic E-state index is 11.7. The monoisotopic (exact) mass is 236 g/mol. The summed E-state index contributed by atoms with van der Waals surface area (Å²) in [7, 11) is 2.61. The van der Waals surface area contributed by atoms with Crippen LogP contribution in [0.2, 0.25) is 0 Å². The molecular weight excluding hydrogens is 224 g/mol. The van der Waals surface area contributed by atoms with E-state index >= 15 is 0 Å². The summed E-state index contributed by atoms with van der Waals surface area (Å²) in [6.07, 6.45) is 0.276. The quantitative estimate of drug-likeness (QED) is 0.187. The number of rotatable bonds is 3. The van der Waals surface area contributed by atoms with Crippen LogP contribution in [0.25, 0.3) is 11.0 Å². The van der Waals surface area contributed by atoms with Gasteiger partial charge >= 0.3 is 6.29 Å². The molecule has 1 unspecified atom stereocenters. The van der Waals surface area contributed by atoms with Gasteiger partial charge in [-0.25, -0.2) is 4.98 Å². The van der Waals surface area contributed by atoms with Crippen molar-refractivity contribution in [1.29, 1.82) is 0 Å². The maximum Gasteiger partial charge on any atom is 0.322 e. The van der Waals surface area contributed by atoms with E-state index in [1.165, 1.54) is 24.9 Å². The SMILES string of the molecule is COC(c1c[n+]([O-])c2ccccc2n1)[O+](C)[O-]. The van der Waals surface area contributed by atoms with Crippen molar-refractivity contribution in [3.05, 3.63) is 41.4 Å². The third-order valence-corrected chi connectivity index (χ3v) is 2.38. The van der Waals surface area contributed by atoms with Crippen LogP contribution in [0.1, 0.15) is 12.0 Å². The molecule has 0 aliphatic carbocycles. The lowest BCUT2D eigenvalue weighted by Gasteiger charge is -2.22. The second-order valence-electron chi connectivity index (χ2n) is 3.55. The average Bonchev–Trinajstić information content (AvgIpc) is 2.29. The van der Waals surface area contributed by atoms with Crippen molar-refractivity contribution in [2.24, 2.45) is 0 Å². The molecule has 1 aromatic heterocycles. The summed E-state index contributed by atoms with van der Waals surface area (Å²) in [5.41, 5.74) is 1.22. The van der Waals surface area contributed by atoms with Gasteiger partial charge in [0, 0.05) is 13.2 Å². The second kappa shape index (κ2) is 4.62. The van der Waals surface area contributed by atoms with Gasteiger partial charge in [-0.3, -0.25) is 0 Å². The summed E-state index contributed by atoms with van der Waals surface area (Å²) in [5.74, 6) is 0. The van der Waals surface area contributed by atoms with Gasteiger partial charge in [-0.15, -0.1) is 0 Å². The molecule has 1 atom stereocenters. The molecule has 90 valence electrons. The summed E-state index contributed by atoms with van der Waals surface area (Å²) in [4.78, 5) is 4.22. The molecule has 0 amide bonds. The molecule has 6 nitrogen and oxygen atoms in total. The normalized spacial score (nSPS) is 13.2. The number of ether oxygens (including phenoxy) is 1. The summed E-state index contributed by atoms with van der Waals surface area (Å²) >= 11 is 0. The Hall–Kier alpha value is -1.76. The first-order valence-electron chi connectivity index (χ1n) is 4.97. The van der Waals surface area contributed by atoms with Gasteiger partial charge in [0.05, 0.1) is 0 Å². The van der Waals surface area contributed by atoms with Crippen molar-refractivity contribution in [1.82, 2.24) is 4.98 Å². The van der Waals surface area contributed by atoms with Crippen molar-refractivity contribution >= 4 is 11.0 Å². The second-order valence-corrected chi connectivity index (χ2v) is 3.55. The molecule has 0 saturated heterocycles. The van der Waals surface area contributed by atoms with Gasteiger partial charge in [0.2, 0.25) is 17.4 Å². The standard InChI is InChI=1S/C11H12N2O4/c1-16-11(17(2)15)9-7-13(14)10-6-4-3-5-8(10)12-9/h3-7,11H,1-2H3. The average molecular weight is 236 g/mol. The highest BCUT2D eigenvalue weighted by molar-refractivity contribution is 5.70. The third-order valence-electron chi connectivity index (χ3n) is 2.38. The van der Waals surface area contributed by atoms with Crippen LogP contribution in [0.3, 0.4) is 0 Å². The smallest absolute Gasteiger partial charge is 0.322 e. The molecule has 0 aliphatic rings. The van der Waals surface area contributed by atoms with E-state index in [-0.39, 0.29) is 5.69 Å². The number of fused-ring (bicyclic) bond motifs is 1. The van der Waals surface area contributed by atoms with E-state index in [0.29, 0.717) is 15.8 Å². The molecule has 0 saturated carbocycles. The van der Waals surface area contributed by atoms with Crippen LogP contribution in [-0.4, -0.2) is 19.2 Å². The van der Waals surface area contributed by atoms with Crippen LogP contribution in [0, 0.1) is 5.21 Å². The molecule has 17 heavy (non-hydrogen) atoms. The van der Waals surface area contributed by atoms with Crippen LogP contribution in [0.15, 0.2) is 30.5 Å². The first-order chi connectivity index (χ1) is 8.13. The molecule has 0 spiro atoms. The van der Waals surface area contributed by atoms with Gasteiger partial charge in [0.15, 0.2) is 0 Å². The minimum atomic E-state index is -0.959. The van der Waals surface area contributed by atoms with Gasteiger partial charge in [-0.05, 0) is 6.07 Å². The maximum absolute atomic E-state index is 11.7. The number of benzene rings is 1. The van der Waals surface area contributed by atoms with Crippen LogP contribution >= 0.6 is 0 Å². The number of nitrogens with zero attached hydrogens (tertiary/aromatic N) is 2. The highest BCUT2D eigenvalue weighted by Crippen LogP contribution is 2.18. The van der Waals surface area contributed by atoms with Gasteiger partial charge in [0.1, 0.15) is 12.6 Å². The first-order valence-corrected chi connectivity index (χ1v) is 4.97. The van der Waals surface area contributed by atoms with Crippen LogP contribution in [-0.2, 0) is 9.25 Å².